The molecule has 1 aromatic carbocycles. The highest BCUT2D eigenvalue weighted by molar-refractivity contribution is 5.91. The van der Waals surface area contributed by atoms with Crippen LogP contribution < -0.4 is 15.8 Å². The highest BCUT2D eigenvalue weighted by Crippen LogP contribution is 2.15. The second-order valence-corrected chi connectivity index (χ2v) is 6.69. The van der Waals surface area contributed by atoms with Crippen LogP contribution in [0.15, 0.2) is 47.3 Å². The zero-order valence-electron chi connectivity index (χ0n) is 16.2. The molecule has 2 aromatic rings. The Bertz CT molecular complexity index is 816. The molecule has 0 spiro atoms. The standard InChI is InChI=1S/C20H27N5O3/c1-28-16-15-25-19(26)8-7-18(22-25)20(27)21-9-10-23-11-13-24(14-12-23)17-5-3-2-4-6-17/h2-8H,9-16H2,1H3,(H,21,27). The molecule has 8 heteroatoms. The lowest BCUT2D eigenvalue weighted by Crippen LogP contribution is -2.48. The summed E-state index contributed by atoms with van der Waals surface area (Å²) in [6.07, 6.45) is 0. The van der Waals surface area contributed by atoms with E-state index in [0.717, 1.165) is 32.7 Å². The highest BCUT2D eigenvalue weighted by Gasteiger charge is 2.17. The van der Waals surface area contributed by atoms with Crippen LogP contribution in [0.2, 0.25) is 0 Å². The van der Waals surface area contributed by atoms with Gasteiger partial charge in [0.15, 0.2) is 0 Å². The summed E-state index contributed by atoms with van der Waals surface area (Å²) in [6.45, 7) is 5.90. The van der Waals surface area contributed by atoms with Gasteiger partial charge in [-0.25, -0.2) is 4.68 Å². The molecule has 1 amide bonds. The van der Waals surface area contributed by atoms with E-state index < -0.39 is 0 Å². The smallest absolute Gasteiger partial charge is 0.271 e. The third kappa shape index (κ3) is 5.40. The van der Waals surface area contributed by atoms with Crippen LogP contribution in [0.3, 0.4) is 0 Å². The number of aromatic nitrogens is 2. The van der Waals surface area contributed by atoms with Crippen LogP contribution in [0.4, 0.5) is 5.69 Å². The van der Waals surface area contributed by atoms with E-state index in [1.165, 1.54) is 22.5 Å². The number of piperazine rings is 1. The monoisotopic (exact) mass is 385 g/mol. The number of hydrogen-bond donors (Lipinski definition) is 1. The summed E-state index contributed by atoms with van der Waals surface area (Å²) in [6, 6.07) is 13.2. The van der Waals surface area contributed by atoms with Gasteiger partial charge < -0.3 is 15.0 Å². The number of carbonyl (C=O) groups excluding carboxylic acids is 1. The minimum Gasteiger partial charge on any atom is -0.383 e. The molecular weight excluding hydrogens is 358 g/mol. The maximum absolute atomic E-state index is 12.3. The zero-order valence-corrected chi connectivity index (χ0v) is 16.2. The minimum atomic E-state index is -0.269. The van der Waals surface area contributed by atoms with Gasteiger partial charge >= 0.3 is 0 Å². The summed E-state index contributed by atoms with van der Waals surface area (Å²) < 4.78 is 6.21. The predicted octanol–water partition coefficient (Wildman–Crippen LogP) is 0.442. The molecular formula is C20H27N5O3. The van der Waals surface area contributed by atoms with E-state index in [1.54, 1.807) is 7.11 Å². The van der Waals surface area contributed by atoms with Crippen LogP contribution in [-0.4, -0.2) is 73.6 Å². The number of carbonyl (C=O) groups is 1. The summed E-state index contributed by atoms with van der Waals surface area (Å²) in [4.78, 5) is 28.8. The fourth-order valence-corrected chi connectivity index (χ4v) is 3.19. The summed E-state index contributed by atoms with van der Waals surface area (Å²) in [5.74, 6) is -0.269. The van der Waals surface area contributed by atoms with Crippen molar-refractivity contribution in [1.82, 2.24) is 20.0 Å². The second-order valence-electron chi connectivity index (χ2n) is 6.69. The number of methoxy groups -OCH3 is 1. The number of benzene rings is 1. The molecule has 2 heterocycles. The molecule has 8 nitrogen and oxygen atoms in total. The molecule has 28 heavy (non-hydrogen) atoms. The van der Waals surface area contributed by atoms with Gasteiger partial charge in [-0.1, -0.05) is 18.2 Å². The van der Waals surface area contributed by atoms with E-state index in [4.69, 9.17) is 4.74 Å². The van der Waals surface area contributed by atoms with Crippen molar-refractivity contribution in [2.24, 2.45) is 0 Å². The Labute approximate surface area is 164 Å². The van der Waals surface area contributed by atoms with Gasteiger partial charge in [-0.15, -0.1) is 0 Å². The number of para-hydroxylation sites is 1. The number of hydrogen-bond acceptors (Lipinski definition) is 6. The highest BCUT2D eigenvalue weighted by atomic mass is 16.5. The first kappa shape index (κ1) is 20.0. The van der Waals surface area contributed by atoms with Gasteiger partial charge in [0.05, 0.1) is 13.2 Å². The topological polar surface area (TPSA) is 79.7 Å². The average molecular weight is 385 g/mol. The Balaban J connectivity index is 1.43. The normalized spacial score (nSPS) is 14.8. The fraction of sp³-hybridized carbons (Fsp3) is 0.450. The molecule has 1 N–H and O–H groups in total. The summed E-state index contributed by atoms with van der Waals surface area (Å²) in [7, 11) is 1.56. The molecule has 3 rings (SSSR count). The second kappa shape index (κ2) is 10.0. The fourth-order valence-electron chi connectivity index (χ4n) is 3.19. The van der Waals surface area contributed by atoms with Crippen LogP contribution >= 0.6 is 0 Å². The molecule has 0 aliphatic carbocycles. The lowest BCUT2D eigenvalue weighted by Gasteiger charge is -2.36. The molecule has 0 unspecified atom stereocenters. The Hall–Kier alpha value is -2.71. The maximum atomic E-state index is 12.3. The first-order chi connectivity index (χ1) is 13.7. The van der Waals surface area contributed by atoms with E-state index in [2.05, 4.69) is 44.5 Å². The Kier molecular flexibility index (Phi) is 7.16. The molecule has 1 aromatic heterocycles. The van der Waals surface area contributed by atoms with Gasteiger partial charge in [0, 0.05) is 58.1 Å². The van der Waals surface area contributed by atoms with Crippen LogP contribution in [0.25, 0.3) is 0 Å². The van der Waals surface area contributed by atoms with Crippen LogP contribution in [0, 0.1) is 0 Å². The lowest BCUT2D eigenvalue weighted by molar-refractivity contribution is 0.0939. The van der Waals surface area contributed by atoms with Gasteiger partial charge in [0.1, 0.15) is 5.69 Å². The molecule has 0 saturated carbocycles. The molecule has 0 atom stereocenters. The van der Waals surface area contributed by atoms with Crippen LogP contribution in [0.1, 0.15) is 10.5 Å². The number of anilines is 1. The largest absolute Gasteiger partial charge is 0.383 e. The quantitative estimate of drug-likeness (QED) is 0.711. The number of amides is 1. The summed E-state index contributed by atoms with van der Waals surface area (Å²) in [5, 5.41) is 7.00. The third-order valence-electron chi connectivity index (χ3n) is 4.81. The van der Waals surface area contributed by atoms with Crippen LogP contribution in [-0.2, 0) is 11.3 Å². The van der Waals surface area contributed by atoms with Gasteiger partial charge in [-0.05, 0) is 18.2 Å². The van der Waals surface area contributed by atoms with Crippen molar-refractivity contribution in [2.75, 3.05) is 57.9 Å². The van der Waals surface area contributed by atoms with Gasteiger partial charge in [0.2, 0.25) is 0 Å². The molecule has 1 saturated heterocycles. The number of ether oxygens (including phenoxy) is 1. The molecule has 0 radical (unpaired) electrons. The molecule has 150 valence electrons. The van der Waals surface area contributed by atoms with Crippen molar-refractivity contribution in [1.29, 1.82) is 0 Å². The van der Waals surface area contributed by atoms with Crippen molar-refractivity contribution < 1.29 is 9.53 Å². The number of nitrogens with one attached hydrogen (secondary N) is 1. The average Bonchev–Trinajstić information content (AvgIpc) is 2.74. The van der Waals surface area contributed by atoms with E-state index in [0.29, 0.717) is 19.7 Å². The first-order valence-corrected chi connectivity index (χ1v) is 9.55. The molecule has 1 aliphatic rings. The van der Waals surface area contributed by atoms with E-state index >= 15 is 0 Å². The Morgan fingerprint density at radius 2 is 1.82 bits per heavy atom. The van der Waals surface area contributed by atoms with Gasteiger partial charge in [-0.3, -0.25) is 14.5 Å². The first-order valence-electron chi connectivity index (χ1n) is 9.55. The van der Waals surface area contributed by atoms with Crippen molar-refractivity contribution in [3.8, 4) is 0 Å². The van der Waals surface area contributed by atoms with E-state index in [1.807, 2.05) is 6.07 Å². The Morgan fingerprint density at radius 1 is 1.07 bits per heavy atom. The molecule has 1 fully saturated rings. The Morgan fingerprint density at radius 3 is 2.54 bits per heavy atom. The number of rotatable bonds is 8. The lowest BCUT2D eigenvalue weighted by atomic mass is 10.2. The SMILES string of the molecule is COCCn1nc(C(=O)NCCN2CCN(c3ccccc3)CC2)ccc1=O. The van der Waals surface area contributed by atoms with Crippen molar-refractivity contribution in [3.05, 3.63) is 58.5 Å². The van der Waals surface area contributed by atoms with Gasteiger partial charge in [-0.2, -0.15) is 5.10 Å². The van der Waals surface area contributed by atoms with Crippen LogP contribution in [0.5, 0.6) is 0 Å². The van der Waals surface area contributed by atoms with E-state index in [-0.39, 0.29) is 17.2 Å². The third-order valence-corrected chi connectivity index (χ3v) is 4.81. The van der Waals surface area contributed by atoms with Crippen molar-refractivity contribution >= 4 is 11.6 Å². The van der Waals surface area contributed by atoms with Crippen molar-refractivity contribution in [2.45, 2.75) is 6.54 Å². The van der Waals surface area contributed by atoms with Crippen molar-refractivity contribution in [3.63, 3.8) is 0 Å². The van der Waals surface area contributed by atoms with E-state index in [9.17, 15) is 9.59 Å². The zero-order chi connectivity index (χ0) is 19.8. The molecule has 0 bridgehead atoms. The summed E-state index contributed by atoms with van der Waals surface area (Å²) >= 11 is 0. The number of nitrogens with zero attached hydrogens (tertiary/aromatic N) is 4. The maximum Gasteiger partial charge on any atom is 0.271 e. The van der Waals surface area contributed by atoms with Gasteiger partial charge in [0.25, 0.3) is 11.5 Å². The minimum absolute atomic E-state index is 0.240. The summed E-state index contributed by atoms with van der Waals surface area (Å²) in [5.41, 5.74) is 1.25. The predicted molar refractivity (Wildman–Crippen MR) is 108 cm³/mol. The molecule has 1 aliphatic heterocycles.